The van der Waals surface area contributed by atoms with Crippen molar-refractivity contribution in [3.05, 3.63) is 47.5 Å². The maximum Gasteiger partial charge on any atom is 0.339 e. The highest BCUT2D eigenvalue weighted by atomic mass is 19.3. The van der Waals surface area contributed by atoms with Gasteiger partial charge in [0.2, 0.25) is 0 Å². The highest BCUT2D eigenvalue weighted by molar-refractivity contribution is 5.88. The van der Waals surface area contributed by atoms with Gasteiger partial charge in [0.25, 0.3) is 6.08 Å². The summed E-state index contributed by atoms with van der Waals surface area (Å²) in [5, 5.41) is 0. The summed E-state index contributed by atoms with van der Waals surface area (Å²) in [6, 6.07) is 9.00. The molecule has 104 valence electrons. The van der Waals surface area contributed by atoms with E-state index in [-0.39, 0.29) is 13.0 Å². The average Bonchev–Trinajstić information content (AvgIpc) is 2.42. The van der Waals surface area contributed by atoms with Crippen LogP contribution in [0, 0.1) is 0 Å². The van der Waals surface area contributed by atoms with Gasteiger partial charge in [0.05, 0.1) is 0 Å². The Bertz CT molecular complexity index is 423. The highest BCUT2D eigenvalue weighted by Crippen LogP contribution is 2.18. The van der Waals surface area contributed by atoms with Crippen molar-refractivity contribution >= 4 is 5.97 Å². The van der Waals surface area contributed by atoms with Crippen molar-refractivity contribution in [1.29, 1.82) is 0 Å². The van der Waals surface area contributed by atoms with E-state index < -0.39 is 17.6 Å². The van der Waals surface area contributed by atoms with Crippen LogP contribution in [0.25, 0.3) is 0 Å². The molecule has 0 aliphatic carbocycles. The SMILES string of the molecule is CCCCCC(C(=O)OCc1ccccc1)=C(F)F. The molecule has 0 bridgehead atoms. The van der Waals surface area contributed by atoms with Gasteiger partial charge in [-0.1, -0.05) is 50.1 Å². The van der Waals surface area contributed by atoms with E-state index in [1.165, 1.54) is 0 Å². The zero-order valence-electron chi connectivity index (χ0n) is 11.0. The van der Waals surface area contributed by atoms with Crippen LogP contribution in [0.5, 0.6) is 0 Å². The lowest BCUT2D eigenvalue weighted by molar-refractivity contribution is -0.140. The van der Waals surface area contributed by atoms with Gasteiger partial charge in [0.1, 0.15) is 12.2 Å². The number of esters is 1. The van der Waals surface area contributed by atoms with Crippen LogP contribution in [0.2, 0.25) is 0 Å². The highest BCUT2D eigenvalue weighted by Gasteiger charge is 2.17. The van der Waals surface area contributed by atoms with Crippen molar-refractivity contribution < 1.29 is 18.3 Å². The van der Waals surface area contributed by atoms with E-state index in [1.54, 1.807) is 24.3 Å². The average molecular weight is 268 g/mol. The van der Waals surface area contributed by atoms with Crippen LogP contribution in [-0.2, 0) is 16.1 Å². The summed E-state index contributed by atoms with van der Waals surface area (Å²) >= 11 is 0. The fourth-order valence-electron chi connectivity index (χ4n) is 1.64. The monoisotopic (exact) mass is 268 g/mol. The maximum atomic E-state index is 12.7. The fraction of sp³-hybridized carbons (Fsp3) is 0.400. The van der Waals surface area contributed by atoms with E-state index >= 15 is 0 Å². The summed E-state index contributed by atoms with van der Waals surface area (Å²) in [5.74, 6) is -0.917. The fourth-order valence-corrected chi connectivity index (χ4v) is 1.64. The molecule has 0 heterocycles. The molecule has 0 N–H and O–H groups in total. The number of halogens is 2. The molecule has 0 spiro atoms. The number of ether oxygens (including phenoxy) is 1. The predicted octanol–water partition coefficient (Wildman–Crippen LogP) is 4.46. The molecule has 0 saturated heterocycles. The molecular weight excluding hydrogens is 250 g/mol. The molecule has 0 unspecified atom stereocenters. The Morgan fingerprint density at radius 3 is 2.42 bits per heavy atom. The predicted molar refractivity (Wildman–Crippen MR) is 69.6 cm³/mol. The Morgan fingerprint density at radius 2 is 1.84 bits per heavy atom. The van der Waals surface area contributed by atoms with Gasteiger partial charge in [0.15, 0.2) is 0 Å². The number of hydrogen-bond donors (Lipinski definition) is 0. The molecule has 0 aliphatic heterocycles. The van der Waals surface area contributed by atoms with Gasteiger partial charge >= 0.3 is 5.97 Å². The van der Waals surface area contributed by atoms with E-state index in [9.17, 15) is 13.6 Å². The van der Waals surface area contributed by atoms with E-state index in [2.05, 4.69) is 0 Å². The Labute approximate surface area is 112 Å². The van der Waals surface area contributed by atoms with Crippen LogP contribution in [0.15, 0.2) is 42.0 Å². The summed E-state index contributed by atoms with van der Waals surface area (Å²) in [6.07, 6.45) is 0.449. The molecule has 19 heavy (non-hydrogen) atoms. The van der Waals surface area contributed by atoms with Crippen LogP contribution in [-0.4, -0.2) is 5.97 Å². The van der Waals surface area contributed by atoms with Crippen molar-refractivity contribution in [3.8, 4) is 0 Å². The van der Waals surface area contributed by atoms with E-state index in [4.69, 9.17) is 4.74 Å². The van der Waals surface area contributed by atoms with Crippen LogP contribution in [0.1, 0.15) is 38.2 Å². The van der Waals surface area contributed by atoms with Gasteiger partial charge in [0, 0.05) is 0 Å². The van der Waals surface area contributed by atoms with E-state index in [0.29, 0.717) is 6.42 Å². The van der Waals surface area contributed by atoms with Crippen molar-refractivity contribution in [2.75, 3.05) is 0 Å². The first-order valence-corrected chi connectivity index (χ1v) is 6.40. The molecule has 0 saturated carbocycles. The second-order valence-electron chi connectivity index (χ2n) is 4.26. The third kappa shape index (κ3) is 5.64. The van der Waals surface area contributed by atoms with Gasteiger partial charge in [-0.3, -0.25) is 0 Å². The Morgan fingerprint density at radius 1 is 1.16 bits per heavy atom. The topological polar surface area (TPSA) is 26.3 Å². The minimum absolute atomic E-state index is 0.0181. The minimum Gasteiger partial charge on any atom is -0.457 e. The molecule has 1 aromatic rings. The second-order valence-corrected chi connectivity index (χ2v) is 4.26. The van der Waals surface area contributed by atoms with Crippen LogP contribution in [0.4, 0.5) is 8.78 Å². The minimum atomic E-state index is -1.94. The van der Waals surface area contributed by atoms with Gasteiger partial charge in [-0.25, -0.2) is 4.79 Å². The molecule has 1 rings (SSSR count). The third-order valence-electron chi connectivity index (χ3n) is 2.72. The summed E-state index contributed by atoms with van der Waals surface area (Å²) in [4.78, 5) is 11.6. The first-order valence-electron chi connectivity index (χ1n) is 6.40. The molecule has 0 fully saturated rings. The summed E-state index contributed by atoms with van der Waals surface area (Å²) < 4.78 is 30.3. The number of benzene rings is 1. The summed E-state index contributed by atoms with van der Waals surface area (Å²) in [6.45, 7) is 1.99. The van der Waals surface area contributed by atoms with E-state index in [1.807, 2.05) is 13.0 Å². The lowest BCUT2D eigenvalue weighted by Gasteiger charge is -2.07. The first-order chi connectivity index (χ1) is 9.15. The van der Waals surface area contributed by atoms with Crippen LogP contribution < -0.4 is 0 Å². The molecule has 0 aliphatic rings. The van der Waals surface area contributed by atoms with E-state index in [0.717, 1.165) is 18.4 Å². The van der Waals surface area contributed by atoms with Gasteiger partial charge in [-0.15, -0.1) is 0 Å². The standard InChI is InChI=1S/C15H18F2O2/c1-2-3-5-10-13(14(16)17)15(18)19-11-12-8-6-4-7-9-12/h4,6-9H,2-3,5,10-11H2,1H3. The number of carbonyl (C=O) groups is 1. The lowest BCUT2D eigenvalue weighted by Crippen LogP contribution is -2.09. The van der Waals surface area contributed by atoms with Gasteiger partial charge in [-0.05, 0) is 18.4 Å². The number of hydrogen-bond acceptors (Lipinski definition) is 2. The number of carbonyl (C=O) groups excluding carboxylic acids is 1. The molecule has 1 aromatic carbocycles. The van der Waals surface area contributed by atoms with Crippen molar-refractivity contribution in [2.24, 2.45) is 0 Å². The van der Waals surface area contributed by atoms with Crippen molar-refractivity contribution in [2.45, 2.75) is 39.2 Å². The van der Waals surface area contributed by atoms with Gasteiger partial charge in [-0.2, -0.15) is 8.78 Å². The van der Waals surface area contributed by atoms with Gasteiger partial charge < -0.3 is 4.74 Å². The Balaban J connectivity index is 2.51. The first kappa shape index (κ1) is 15.3. The Kier molecular flexibility index (Phi) is 6.79. The molecule has 0 radical (unpaired) electrons. The number of unbranched alkanes of at least 4 members (excludes halogenated alkanes) is 2. The lowest BCUT2D eigenvalue weighted by atomic mass is 10.1. The largest absolute Gasteiger partial charge is 0.457 e. The molecule has 4 heteroatoms. The van der Waals surface area contributed by atoms with Crippen LogP contribution in [0.3, 0.4) is 0 Å². The normalized spacial score (nSPS) is 10.1. The third-order valence-corrected chi connectivity index (χ3v) is 2.72. The molecule has 2 nitrogen and oxygen atoms in total. The summed E-state index contributed by atoms with van der Waals surface area (Å²) in [5.41, 5.74) is 0.285. The van der Waals surface area contributed by atoms with Crippen molar-refractivity contribution in [3.63, 3.8) is 0 Å². The number of rotatable bonds is 7. The molecule has 0 aromatic heterocycles. The zero-order valence-corrected chi connectivity index (χ0v) is 11.0. The molecule has 0 atom stereocenters. The quantitative estimate of drug-likeness (QED) is 0.414. The maximum absolute atomic E-state index is 12.7. The smallest absolute Gasteiger partial charge is 0.339 e. The zero-order chi connectivity index (χ0) is 14.1. The molecule has 0 amide bonds. The second kappa shape index (κ2) is 8.40. The van der Waals surface area contributed by atoms with Crippen molar-refractivity contribution in [1.82, 2.24) is 0 Å². The van der Waals surface area contributed by atoms with Crippen LogP contribution >= 0.6 is 0 Å². The summed E-state index contributed by atoms with van der Waals surface area (Å²) in [7, 11) is 0. The molecular formula is C15H18F2O2. The Hall–Kier alpha value is -1.71.